The Hall–Kier alpha value is -2.10. The molecule has 7 heteroatoms. The van der Waals surface area contributed by atoms with Crippen LogP contribution in [-0.4, -0.2) is 36.2 Å². The zero-order valence-electron chi connectivity index (χ0n) is 21.2. The lowest BCUT2D eigenvalue weighted by Gasteiger charge is -2.40. The average Bonchev–Trinajstić information content (AvgIpc) is 3.12. The van der Waals surface area contributed by atoms with Gasteiger partial charge in [0.1, 0.15) is 5.41 Å². The van der Waals surface area contributed by atoms with Crippen molar-refractivity contribution < 1.29 is 9.90 Å². The van der Waals surface area contributed by atoms with Crippen molar-refractivity contribution in [2.24, 2.45) is 10.8 Å². The van der Waals surface area contributed by atoms with Gasteiger partial charge in [-0.2, -0.15) is 5.26 Å². The predicted octanol–water partition coefficient (Wildman–Crippen LogP) is 5.59. The van der Waals surface area contributed by atoms with Gasteiger partial charge in [-0.3, -0.25) is 4.79 Å². The lowest BCUT2D eigenvalue weighted by atomic mass is 9.63. The minimum atomic E-state index is -1.03. The molecule has 0 aromatic heterocycles. The molecular formula is C29H35Cl2N3O2. The van der Waals surface area contributed by atoms with E-state index >= 15 is 0 Å². The van der Waals surface area contributed by atoms with Crippen molar-refractivity contribution in [3.63, 3.8) is 0 Å². The Labute approximate surface area is 224 Å². The minimum absolute atomic E-state index is 0.0582. The third-order valence-corrected chi connectivity index (χ3v) is 8.44. The zero-order chi connectivity index (χ0) is 26.1. The molecular weight excluding hydrogens is 493 g/mol. The van der Waals surface area contributed by atoms with Crippen molar-refractivity contribution in [3.05, 3.63) is 69.7 Å². The lowest BCUT2D eigenvalue weighted by Crippen LogP contribution is -2.50. The second kappa shape index (κ2) is 10.3. The van der Waals surface area contributed by atoms with E-state index in [0.29, 0.717) is 23.0 Å². The molecule has 2 aliphatic rings. The molecule has 2 fully saturated rings. The van der Waals surface area contributed by atoms with Crippen LogP contribution in [-0.2, 0) is 10.2 Å². The van der Waals surface area contributed by atoms with Gasteiger partial charge in [-0.25, -0.2) is 0 Å². The summed E-state index contributed by atoms with van der Waals surface area (Å²) in [4.78, 5) is 13.8. The van der Waals surface area contributed by atoms with E-state index in [4.69, 9.17) is 23.2 Å². The van der Waals surface area contributed by atoms with E-state index in [1.165, 1.54) is 0 Å². The Bertz CT molecular complexity index is 1130. The number of benzene rings is 2. The quantitative estimate of drug-likeness (QED) is 0.437. The molecule has 4 atom stereocenters. The number of aliphatic hydroxyl groups is 1. The second-order valence-corrected chi connectivity index (χ2v) is 12.6. The molecule has 1 saturated carbocycles. The number of hydrogen-bond acceptors (Lipinski definition) is 4. The number of nitrogens with zero attached hydrogens (tertiary/aromatic N) is 1. The summed E-state index contributed by atoms with van der Waals surface area (Å²) >= 11 is 12.6. The topological polar surface area (TPSA) is 85.2 Å². The number of hydrogen-bond donors (Lipinski definition) is 3. The fourth-order valence-electron chi connectivity index (χ4n) is 5.91. The van der Waals surface area contributed by atoms with Crippen molar-refractivity contribution in [2.45, 2.75) is 69.9 Å². The van der Waals surface area contributed by atoms with Gasteiger partial charge >= 0.3 is 0 Å². The van der Waals surface area contributed by atoms with Crippen LogP contribution in [0.5, 0.6) is 0 Å². The van der Waals surface area contributed by atoms with Crippen LogP contribution in [0.4, 0.5) is 0 Å². The highest BCUT2D eigenvalue weighted by atomic mass is 35.5. The number of rotatable bonds is 7. The first kappa shape index (κ1) is 26.9. The summed E-state index contributed by atoms with van der Waals surface area (Å²) in [6.07, 6.45) is 3.55. The highest BCUT2D eigenvalue weighted by molar-refractivity contribution is 6.30. The molecule has 2 aromatic carbocycles. The van der Waals surface area contributed by atoms with Crippen molar-refractivity contribution >= 4 is 29.1 Å². The number of nitriles is 1. The number of halogens is 2. The van der Waals surface area contributed by atoms with E-state index in [-0.39, 0.29) is 29.4 Å². The Balaban J connectivity index is 1.82. The third kappa shape index (κ3) is 5.15. The maximum atomic E-state index is 13.8. The van der Waals surface area contributed by atoms with Crippen molar-refractivity contribution in [2.75, 3.05) is 13.2 Å². The summed E-state index contributed by atoms with van der Waals surface area (Å²) in [7, 11) is 0. The Morgan fingerprint density at radius 3 is 2.39 bits per heavy atom. The first-order valence-electron chi connectivity index (χ1n) is 12.6. The Kier molecular flexibility index (Phi) is 7.74. The van der Waals surface area contributed by atoms with Crippen LogP contribution in [0.15, 0.2) is 48.5 Å². The van der Waals surface area contributed by atoms with E-state index in [2.05, 4.69) is 37.5 Å². The third-order valence-electron chi connectivity index (χ3n) is 7.96. The molecule has 0 bridgehead atoms. The van der Waals surface area contributed by atoms with Gasteiger partial charge in [-0.05, 0) is 60.1 Å². The summed E-state index contributed by atoms with van der Waals surface area (Å²) in [5.74, 6) is -0.647. The number of carbonyl (C=O) groups is 1. The molecule has 1 aliphatic carbocycles. The van der Waals surface area contributed by atoms with Gasteiger partial charge in [0.05, 0.1) is 18.7 Å². The van der Waals surface area contributed by atoms with Crippen LogP contribution in [0.1, 0.15) is 63.5 Å². The molecule has 1 heterocycles. The molecule has 3 N–H and O–H groups in total. The molecule has 1 aliphatic heterocycles. The zero-order valence-corrected chi connectivity index (χ0v) is 22.7. The molecule has 4 rings (SSSR count). The summed E-state index contributed by atoms with van der Waals surface area (Å²) in [5.41, 5.74) is 0.289. The molecule has 1 saturated heterocycles. The average molecular weight is 529 g/mol. The summed E-state index contributed by atoms with van der Waals surface area (Å²) < 4.78 is 0. The van der Waals surface area contributed by atoms with Crippen molar-refractivity contribution in [1.29, 1.82) is 5.26 Å². The number of carbonyl (C=O) groups excluding carboxylic acids is 1. The normalized spacial score (nSPS) is 27.2. The Morgan fingerprint density at radius 1 is 1.17 bits per heavy atom. The van der Waals surface area contributed by atoms with Gasteiger partial charge in [-0.1, -0.05) is 74.7 Å². The molecule has 4 unspecified atom stereocenters. The molecule has 2 aromatic rings. The largest absolute Gasteiger partial charge is 0.396 e. The van der Waals surface area contributed by atoms with Crippen LogP contribution in [0.2, 0.25) is 10.0 Å². The highest BCUT2D eigenvalue weighted by Gasteiger charge is 2.59. The number of amides is 1. The first-order chi connectivity index (χ1) is 17.0. The highest BCUT2D eigenvalue weighted by Crippen LogP contribution is 2.51. The molecule has 0 spiro atoms. The van der Waals surface area contributed by atoms with Crippen LogP contribution in [0.25, 0.3) is 0 Å². The van der Waals surface area contributed by atoms with Crippen LogP contribution in [0.3, 0.4) is 0 Å². The van der Waals surface area contributed by atoms with E-state index in [9.17, 15) is 15.2 Å². The van der Waals surface area contributed by atoms with E-state index in [1.807, 2.05) is 30.3 Å². The molecule has 5 nitrogen and oxygen atoms in total. The van der Waals surface area contributed by atoms with Gasteiger partial charge in [-0.15, -0.1) is 0 Å². The maximum Gasteiger partial charge on any atom is 0.237 e. The summed E-state index contributed by atoms with van der Waals surface area (Å²) in [6, 6.07) is 16.6. The van der Waals surface area contributed by atoms with Gasteiger partial charge in [0.2, 0.25) is 5.91 Å². The fourth-order valence-corrected chi connectivity index (χ4v) is 6.23. The van der Waals surface area contributed by atoms with Gasteiger partial charge in [0.25, 0.3) is 0 Å². The summed E-state index contributed by atoms with van der Waals surface area (Å²) in [6.45, 7) is 6.90. The van der Waals surface area contributed by atoms with E-state index in [1.54, 1.807) is 18.2 Å². The molecule has 36 heavy (non-hydrogen) atoms. The van der Waals surface area contributed by atoms with Gasteiger partial charge in [0, 0.05) is 34.0 Å². The first-order valence-corrected chi connectivity index (χ1v) is 13.4. The van der Waals surface area contributed by atoms with E-state index < -0.39 is 17.4 Å². The number of aliphatic hydroxyl groups excluding tert-OH is 1. The standard InChI is InChI=1S/C29H35Cl2N3O2/c1-27(2,3)15-23-29(16-32,20-8-10-21(30)11-9-20)24(19-6-4-7-22(31)14-19)25(34-23)26(36)33-17-28(18-35)12-5-13-28/h4,6-11,14,23-25,34-35H,5,12-13,15,17-18H2,1-3H3,(H,33,36). The SMILES string of the molecule is CC(C)(C)CC1NC(C(=O)NCC2(CO)CCC2)C(c2cccc(Cl)c2)C1(C#N)c1ccc(Cl)cc1. The summed E-state index contributed by atoms with van der Waals surface area (Å²) in [5, 5.41) is 28.7. The second-order valence-electron chi connectivity index (χ2n) is 11.7. The monoisotopic (exact) mass is 527 g/mol. The van der Waals surface area contributed by atoms with E-state index in [0.717, 1.165) is 30.4 Å². The maximum absolute atomic E-state index is 13.8. The van der Waals surface area contributed by atoms with Crippen LogP contribution in [0, 0.1) is 22.2 Å². The van der Waals surface area contributed by atoms with Crippen molar-refractivity contribution in [1.82, 2.24) is 10.6 Å². The predicted molar refractivity (Wildman–Crippen MR) is 144 cm³/mol. The van der Waals surface area contributed by atoms with Crippen LogP contribution >= 0.6 is 23.2 Å². The van der Waals surface area contributed by atoms with Crippen molar-refractivity contribution in [3.8, 4) is 6.07 Å². The number of nitrogens with one attached hydrogen (secondary N) is 2. The van der Waals surface area contributed by atoms with Crippen LogP contribution < -0.4 is 10.6 Å². The molecule has 0 radical (unpaired) electrons. The van der Waals surface area contributed by atoms with Gasteiger partial charge < -0.3 is 15.7 Å². The minimum Gasteiger partial charge on any atom is -0.396 e. The molecule has 192 valence electrons. The Morgan fingerprint density at radius 2 is 1.86 bits per heavy atom. The smallest absolute Gasteiger partial charge is 0.237 e. The molecule has 1 amide bonds. The fraction of sp³-hybridized carbons (Fsp3) is 0.517. The van der Waals surface area contributed by atoms with Gasteiger partial charge in [0.15, 0.2) is 0 Å². The lowest BCUT2D eigenvalue weighted by molar-refractivity contribution is -0.124.